The van der Waals surface area contributed by atoms with Gasteiger partial charge in [-0.05, 0) is 30.9 Å². The molecule has 1 aromatic carbocycles. The SMILES string of the molecule is N[C@H](c1c(F)cccc1F)[C@@H](O)C1CC1. The van der Waals surface area contributed by atoms with Crippen molar-refractivity contribution in [3.05, 3.63) is 35.4 Å². The predicted molar refractivity (Wildman–Crippen MR) is 52.0 cm³/mol. The van der Waals surface area contributed by atoms with E-state index in [0.29, 0.717) is 0 Å². The summed E-state index contributed by atoms with van der Waals surface area (Å²) in [7, 11) is 0. The lowest BCUT2D eigenvalue weighted by Crippen LogP contribution is -2.29. The van der Waals surface area contributed by atoms with Gasteiger partial charge in [0, 0.05) is 5.56 Å². The zero-order valence-corrected chi connectivity index (χ0v) is 8.16. The summed E-state index contributed by atoms with van der Waals surface area (Å²) in [5.74, 6) is -1.29. The first-order chi connectivity index (χ1) is 7.11. The summed E-state index contributed by atoms with van der Waals surface area (Å²) in [6.45, 7) is 0. The van der Waals surface area contributed by atoms with Crippen LogP contribution in [0.4, 0.5) is 8.78 Å². The first kappa shape index (κ1) is 10.5. The van der Waals surface area contributed by atoms with Gasteiger partial charge in [-0.25, -0.2) is 8.78 Å². The summed E-state index contributed by atoms with van der Waals surface area (Å²) in [6, 6.07) is 2.61. The smallest absolute Gasteiger partial charge is 0.131 e. The molecule has 82 valence electrons. The van der Waals surface area contributed by atoms with Gasteiger partial charge >= 0.3 is 0 Å². The topological polar surface area (TPSA) is 46.2 Å². The first-order valence-electron chi connectivity index (χ1n) is 4.99. The van der Waals surface area contributed by atoms with Crippen LogP contribution in [0.5, 0.6) is 0 Å². The first-order valence-corrected chi connectivity index (χ1v) is 4.99. The van der Waals surface area contributed by atoms with E-state index >= 15 is 0 Å². The van der Waals surface area contributed by atoms with Crippen LogP contribution in [0.3, 0.4) is 0 Å². The van der Waals surface area contributed by atoms with E-state index in [-0.39, 0.29) is 11.5 Å². The molecule has 1 aromatic rings. The Labute approximate surface area is 86.7 Å². The Kier molecular flexibility index (Phi) is 2.71. The highest BCUT2D eigenvalue weighted by Gasteiger charge is 2.36. The molecule has 0 aliphatic heterocycles. The largest absolute Gasteiger partial charge is 0.391 e. The van der Waals surface area contributed by atoms with E-state index < -0.39 is 23.8 Å². The van der Waals surface area contributed by atoms with Crippen molar-refractivity contribution in [2.45, 2.75) is 25.0 Å². The van der Waals surface area contributed by atoms with Gasteiger partial charge in [0.25, 0.3) is 0 Å². The highest BCUT2D eigenvalue weighted by Crippen LogP contribution is 2.38. The third-order valence-corrected chi connectivity index (χ3v) is 2.81. The maximum absolute atomic E-state index is 13.3. The summed E-state index contributed by atoms with van der Waals surface area (Å²) < 4.78 is 26.6. The Morgan fingerprint density at radius 2 is 1.80 bits per heavy atom. The van der Waals surface area contributed by atoms with Crippen molar-refractivity contribution in [3.63, 3.8) is 0 Å². The van der Waals surface area contributed by atoms with Crippen LogP contribution in [0.2, 0.25) is 0 Å². The van der Waals surface area contributed by atoms with Crippen molar-refractivity contribution >= 4 is 0 Å². The quantitative estimate of drug-likeness (QED) is 0.803. The Balaban J connectivity index is 2.27. The molecule has 0 aromatic heterocycles. The molecular formula is C11H13F2NO. The maximum atomic E-state index is 13.3. The van der Waals surface area contributed by atoms with E-state index in [4.69, 9.17) is 5.73 Å². The molecule has 15 heavy (non-hydrogen) atoms. The minimum Gasteiger partial charge on any atom is -0.391 e. The average Bonchev–Trinajstić information content (AvgIpc) is 2.99. The molecule has 2 rings (SSSR count). The summed E-state index contributed by atoms with van der Waals surface area (Å²) in [5, 5.41) is 9.70. The molecule has 0 bridgehead atoms. The van der Waals surface area contributed by atoms with E-state index in [0.717, 1.165) is 25.0 Å². The summed E-state index contributed by atoms with van der Waals surface area (Å²) >= 11 is 0. The number of aliphatic hydroxyl groups is 1. The lowest BCUT2D eigenvalue weighted by molar-refractivity contribution is 0.119. The van der Waals surface area contributed by atoms with Gasteiger partial charge < -0.3 is 10.8 Å². The number of nitrogens with two attached hydrogens (primary N) is 1. The molecule has 1 aliphatic carbocycles. The molecule has 1 fully saturated rings. The van der Waals surface area contributed by atoms with E-state index in [1.165, 1.54) is 6.07 Å². The van der Waals surface area contributed by atoms with Crippen LogP contribution in [0.15, 0.2) is 18.2 Å². The molecule has 0 unspecified atom stereocenters. The van der Waals surface area contributed by atoms with Crippen molar-refractivity contribution in [2.75, 3.05) is 0 Å². The van der Waals surface area contributed by atoms with Gasteiger partial charge in [-0.3, -0.25) is 0 Å². The Morgan fingerprint density at radius 1 is 1.27 bits per heavy atom. The van der Waals surface area contributed by atoms with Crippen LogP contribution in [0.25, 0.3) is 0 Å². The summed E-state index contributed by atoms with van der Waals surface area (Å²) in [4.78, 5) is 0. The van der Waals surface area contributed by atoms with Crippen LogP contribution in [0.1, 0.15) is 24.4 Å². The zero-order chi connectivity index (χ0) is 11.0. The van der Waals surface area contributed by atoms with Crippen molar-refractivity contribution in [1.82, 2.24) is 0 Å². The molecule has 0 saturated heterocycles. The normalized spacial score (nSPS) is 20.0. The van der Waals surface area contributed by atoms with Crippen LogP contribution in [0, 0.1) is 17.6 Å². The van der Waals surface area contributed by atoms with Crippen molar-refractivity contribution in [3.8, 4) is 0 Å². The second kappa shape index (κ2) is 3.87. The zero-order valence-electron chi connectivity index (χ0n) is 8.16. The number of hydrogen-bond acceptors (Lipinski definition) is 2. The average molecular weight is 213 g/mol. The van der Waals surface area contributed by atoms with Gasteiger partial charge in [-0.2, -0.15) is 0 Å². The summed E-state index contributed by atoms with van der Waals surface area (Å²) in [6.07, 6.45) is 0.909. The highest BCUT2D eigenvalue weighted by atomic mass is 19.1. The number of rotatable bonds is 3. The van der Waals surface area contributed by atoms with Crippen LogP contribution in [-0.2, 0) is 0 Å². The molecule has 0 heterocycles. The Bertz CT molecular complexity index is 345. The van der Waals surface area contributed by atoms with Crippen LogP contribution >= 0.6 is 0 Å². The van der Waals surface area contributed by atoms with Gasteiger partial charge in [-0.1, -0.05) is 6.07 Å². The number of hydrogen-bond donors (Lipinski definition) is 2. The second-order valence-electron chi connectivity index (χ2n) is 3.99. The number of halogens is 2. The monoisotopic (exact) mass is 213 g/mol. The Morgan fingerprint density at radius 3 is 2.27 bits per heavy atom. The molecule has 3 N–H and O–H groups in total. The standard InChI is InChI=1S/C11H13F2NO/c12-7-2-1-3-8(13)9(7)10(14)11(15)6-4-5-6/h1-3,6,10-11,15H,4-5,14H2/t10-,11+/m1/s1. The molecule has 2 nitrogen and oxygen atoms in total. The highest BCUT2D eigenvalue weighted by molar-refractivity contribution is 5.24. The van der Waals surface area contributed by atoms with E-state index in [1.54, 1.807) is 0 Å². The minimum atomic E-state index is -0.973. The van der Waals surface area contributed by atoms with Gasteiger partial charge in [0.2, 0.25) is 0 Å². The molecule has 1 saturated carbocycles. The lowest BCUT2D eigenvalue weighted by Gasteiger charge is -2.19. The van der Waals surface area contributed by atoms with Crippen molar-refractivity contribution in [2.24, 2.45) is 11.7 Å². The van der Waals surface area contributed by atoms with Crippen LogP contribution < -0.4 is 5.73 Å². The maximum Gasteiger partial charge on any atom is 0.131 e. The summed E-state index contributed by atoms with van der Waals surface area (Å²) in [5.41, 5.74) is 5.44. The molecular weight excluding hydrogens is 200 g/mol. The van der Waals surface area contributed by atoms with Gasteiger partial charge in [0.1, 0.15) is 11.6 Å². The van der Waals surface area contributed by atoms with E-state index in [2.05, 4.69) is 0 Å². The fourth-order valence-electron chi connectivity index (χ4n) is 1.73. The number of benzene rings is 1. The fraction of sp³-hybridized carbons (Fsp3) is 0.455. The predicted octanol–water partition coefficient (Wildman–Crippen LogP) is 1.74. The molecule has 1 aliphatic rings. The molecule has 4 heteroatoms. The molecule has 2 atom stereocenters. The van der Waals surface area contributed by atoms with Crippen molar-refractivity contribution in [1.29, 1.82) is 0 Å². The fourth-order valence-corrected chi connectivity index (χ4v) is 1.73. The molecule has 0 radical (unpaired) electrons. The van der Waals surface area contributed by atoms with Crippen LogP contribution in [-0.4, -0.2) is 11.2 Å². The third-order valence-electron chi connectivity index (χ3n) is 2.81. The van der Waals surface area contributed by atoms with Gasteiger partial charge in [0.05, 0.1) is 12.1 Å². The molecule has 0 amide bonds. The minimum absolute atomic E-state index is 0.0963. The van der Waals surface area contributed by atoms with Gasteiger partial charge in [0.15, 0.2) is 0 Å². The lowest BCUT2D eigenvalue weighted by atomic mass is 9.98. The van der Waals surface area contributed by atoms with Crippen molar-refractivity contribution < 1.29 is 13.9 Å². The van der Waals surface area contributed by atoms with E-state index in [1.807, 2.05) is 0 Å². The number of aliphatic hydroxyl groups excluding tert-OH is 1. The second-order valence-corrected chi connectivity index (χ2v) is 3.99. The third kappa shape index (κ3) is 2.01. The molecule has 0 spiro atoms. The van der Waals surface area contributed by atoms with E-state index in [9.17, 15) is 13.9 Å². The van der Waals surface area contributed by atoms with Gasteiger partial charge in [-0.15, -0.1) is 0 Å². The Hall–Kier alpha value is -1.00.